The van der Waals surface area contributed by atoms with E-state index in [4.69, 9.17) is 5.11 Å². The molecule has 4 nitrogen and oxygen atoms in total. The molecule has 18 heavy (non-hydrogen) atoms. The van der Waals surface area contributed by atoms with E-state index in [-0.39, 0.29) is 12.3 Å². The quantitative estimate of drug-likeness (QED) is 0.898. The van der Waals surface area contributed by atoms with Gasteiger partial charge in [0.05, 0.1) is 5.41 Å². The Labute approximate surface area is 114 Å². The summed E-state index contributed by atoms with van der Waals surface area (Å²) < 4.78 is 0.932. The van der Waals surface area contributed by atoms with Gasteiger partial charge in [0.2, 0.25) is 5.91 Å². The summed E-state index contributed by atoms with van der Waals surface area (Å²) in [6.07, 6.45) is 2.13. The third-order valence-electron chi connectivity index (χ3n) is 3.39. The normalized spacial score (nSPS) is 16.7. The second kappa shape index (κ2) is 5.10. The topological polar surface area (TPSA) is 66.4 Å². The molecule has 1 aromatic carbocycles. The van der Waals surface area contributed by atoms with Gasteiger partial charge in [0.1, 0.15) is 0 Å². The smallest absolute Gasteiger partial charge is 0.310 e. The Bertz CT molecular complexity index is 466. The Morgan fingerprint density at radius 1 is 1.28 bits per heavy atom. The predicted molar refractivity (Wildman–Crippen MR) is 71.3 cm³/mol. The highest BCUT2D eigenvalue weighted by Crippen LogP contribution is 2.44. The number of amides is 1. The van der Waals surface area contributed by atoms with Crippen molar-refractivity contribution >= 4 is 33.5 Å². The van der Waals surface area contributed by atoms with Crippen LogP contribution in [0.25, 0.3) is 0 Å². The van der Waals surface area contributed by atoms with Crippen molar-refractivity contribution in [1.82, 2.24) is 0 Å². The van der Waals surface area contributed by atoms with Crippen LogP contribution in [0.2, 0.25) is 0 Å². The molecular formula is C13H14BrNO3. The molecule has 5 heteroatoms. The summed E-state index contributed by atoms with van der Waals surface area (Å²) in [5.74, 6) is -1.10. The molecule has 0 spiro atoms. The van der Waals surface area contributed by atoms with Crippen LogP contribution in [0, 0.1) is 5.41 Å². The zero-order chi connectivity index (χ0) is 13.2. The van der Waals surface area contributed by atoms with Gasteiger partial charge in [-0.15, -0.1) is 0 Å². The van der Waals surface area contributed by atoms with Crippen LogP contribution < -0.4 is 5.32 Å². The van der Waals surface area contributed by atoms with E-state index in [9.17, 15) is 9.59 Å². The number of hydrogen-bond acceptors (Lipinski definition) is 2. The maximum absolute atomic E-state index is 11.8. The van der Waals surface area contributed by atoms with Gasteiger partial charge >= 0.3 is 5.97 Å². The largest absolute Gasteiger partial charge is 0.481 e. The Morgan fingerprint density at radius 3 is 2.33 bits per heavy atom. The monoisotopic (exact) mass is 311 g/mol. The average Bonchev–Trinajstić information content (AvgIpc) is 2.26. The number of carbonyl (C=O) groups is 2. The van der Waals surface area contributed by atoms with Crippen molar-refractivity contribution < 1.29 is 14.7 Å². The van der Waals surface area contributed by atoms with Crippen molar-refractivity contribution in [2.24, 2.45) is 5.41 Å². The van der Waals surface area contributed by atoms with Crippen molar-refractivity contribution in [2.75, 3.05) is 5.32 Å². The Kier molecular flexibility index (Phi) is 3.71. The van der Waals surface area contributed by atoms with Gasteiger partial charge in [-0.1, -0.05) is 22.4 Å². The molecule has 1 aromatic rings. The number of anilines is 1. The summed E-state index contributed by atoms with van der Waals surface area (Å²) in [5, 5.41) is 11.9. The van der Waals surface area contributed by atoms with Crippen molar-refractivity contribution in [3.8, 4) is 0 Å². The van der Waals surface area contributed by atoms with Gasteiger partial charge in [0.25, 0.3) is 0 Å². The van der Waals surface area contributed by atoms with Crippen LogP contribution in [0.3, 0.4) is 0 Å². The highest BCUT2D eigenvalue weighted by Gasteiger charge is 2.45. The van der Waals surface area contributed by atoms with Crippen LogP contribution in [0.4, 0.5) is 5.69 Å². The maximum atomic E-state index is 11.8. The molecule has 1 saturated carbocycles. The minimum atomic E-state index is -0.861. The van der Waals surface area contributed by atoms with E-state index in [1.54, 1.807) is 12.1 Å². The molecule has 2 N–H and O–H groups in total. The molecule has 1 fully saturated rings. The Balaban J connectivity index is 1.96. The number of carbonyl (C=O) groups excluding carboxylic acids is 1. The first-order valence-corrected chi connectivity index (χ1v) is 6.60. The first kappa shape index (κ1) is 13.1. The number of aliphatic carboxylic acids is 1. The molecule has 0 unspecified atom stereocenters. The van der Waals surface area contributed by atoms with E-state index in [0.29, 0.717) is 18.5 Å². The number of nitrogens with one attached hydrogen (secondary N) is 1. The molecule has 1 amide bonds. The minimum absolute atomic E-state index is 0.0540. The molecule has 0 atom stereocenters. The summed E-state index contributed by atoms with van der Waals surface area (Å²) >= 11 is 3.31. The molecule has 1 aliphatic rings. The van der Waals surface area contributed by atoms with Crippen LogP contribution in [0.1, 0.15) is 25.7 Å². The van der Waals surface area contributed by atoms with Gasteiger partial charge in [-0.3, -0.25) is 9.59 Å². The van der Waals surface area contributed by atoms with E-state index in [1.807, 2.05) is 12.1 Å². The van der Waals surface area contributed by atoms with Crippen LogP contribution in [0.15, 0.2) is 28.7 Å². The van der Waals surface area contributed by atoms with Crippen molar-refractivity contribution in [3.63, 3.8) is 0 Å². The second-order valence-electron chi connectivity index (χ2n) is 4.67. The fourth-order valence-corrected chi connectivity index (χ4v) is 2.38. The van der Waals surface area contributed by atoms with Crippen molar-refractivity contribution in [2.45, 2.75) is 25.7 Å². The van der Waals surface area contributed by atoms with Crippen molar-refractivity contribution in [1.29, 1.82) is 0 Å². The van der Waals surface area contributed by atoms with Crippen LogP contribution in [-0.4, -0.2) is 17.0 Å². The highest BCUT2D eigenvalue weighted by molar-refractivity contribution is 9.10. The second-order valence-corrected chi connectivity index (χ2v) is 5.59. The van der Waals surface area contributed by atoms with Gasteiger partial charge in [-0.05, 0) is 37.1 Å². The highest BCUT2D eigenvalue weighted by atomic mass is 79.9. The lowest BCUT2D eigenvalue weighted by Gasteiger charge is -2.36. The SMILES string of the molecule is O=C(CC1(C(=O)O)CCC1)Nc1ccc(Br)cc1. The number of carboxylic acid groups (broad SMARTS) is 1. The van der Waals surface area contributed by atoms with Gasteiger partial charge in [0, 0.05) is 16.6 Å². The minimum Gasteiger partial charge on any atom is -0.481 e. The van der Waals surface area contributed by atoms with Crippen molar-refractivity contribution in [3.05, 3.63) is 28.7 Å². The Hall–Kier alpha value is -1.36. The number of carboxylic acids is 1. The van der Waals surface area contributed by atoms with Gasteiger partial charge in [-0.2, -0.15) is 0 Å². The van der Waals surface area contributed by atoms with Crippen LogP contribution >= 0.6 is 15.9 Å². The van der Waals surface area contributed by atoms with E-state index in [0.717, 1.165) is 10.9 Å². The molecule has 1 aliphatic carbocycles. The molecule has 0 saturated heterocycles. The fourth-order valence-electron chi connectivity index (χ4n) is 2.12. The zero-order valence-corrected chi connectivity index (χ0v) is 11.4. The lowest BCUT2D eigenvalue weighted by atomic mass is 9.66. The molecule has 0 heterocycles. The average molecular weight is 312 g/mol. The third kappa shape index (κ3) is 2.72. The first-order valence-electron chi connectivity index (χ1n) is 5.81. The summed E-state index contributed by atoms with van der Waals surface area (Å²) in [7, 11) is 0. The van der Waals surface area contributed by atoms with Gasteiger partial charge in [-0.25, -0.2) is 0 Å². The van der Waals surface area contributed by atoms with Gasteiger partial charge < -0.3 is 10.4 Å². The number of hydrogen-bond donors (Lipinski definition) is 2. The standard InChI is InChI=1S/C13H14BrNO3/c14-9-2-4-10(5-3-9)15-11(16)8-13(12(17)18)6-1-7-13/h2-5H,1,6-8H2,(H,15,16)(H,17,18). The number of rotatable bonds is 4. The number of benzene rings is 1. The van der Waals surface area contributed by atoms with E-state index in [1.165, 1.54) is 0 Å². The predicted octanol–water partition coefficient (Wildman–Crippen LogP) is 3.03. The fraction of sp³-hybridized carbons (Fsp3) is 0.385. The molecule has 0 aliphatic heterocycles. The molecule has 0 aromatic heterocycles. The lowest BCUT2D eigenvalue weighted by Crippen LogP contribution is -2.41. The maximum Gasteiger partial charge on any atom is 0.310 e. The molecule has 96 valence electrons. The van der Waals surface area contributed by atoms with Gasteiger partial charge in [0.15, 0.2) is 0 Å². The summed E-state index contributed by atoms with van der Waals surface area (Å²) in [6.45, 7) is 0. The molecule has 0 radical (unpaired) electrons. The van der Waals surface area contributed by atoms with E-state index < -0.39 is 11.4 Å². The van der Waals surface area contributed by atoms with Crippen LogP contribution in [-0.2, 0) is 9.59 Å². The third-order valence-corrected chi connectivity index (χ3v) is 3.92. The number of halogens is 1. The molecule has 2 rings (SSSR count). The summed E-state index contributed by atoms with van der Waals surface area (Å²) in [6, 6.07) is 7.20. The molecular weight excluding hydrogens is 298 g/mol. The summed E-state index contributed by atoms with van der Waals surface area (Å²) in [5.41, 5.74) is -0.150. The summed E-state index contributed by atoms with van der Waals surface area (Å²) in [4.78, 5) is 23.0. The Morgan fingerprint density at radius 2 is 1.89 bits per heavy atom. The zero-order valence-electron chi connectivity index (χ0n) is 9.78. The van der Waals surface area contributed by atoms with Crippen LogP contribution in [0.5, 0.6) is 0 Å². The molecule has 0 bridgehead atoms. The first-order chi connectivity index (χ1) is 8.52. The van der Waals surface area contributed by atoms with E-state index >= 15 is 0 Å². The lowest BCUT2D eigenvalue weighted by molar-refractivity contribution is -0.157. The van der Waals surface area contributed by atoms with E-state index in [2.05, 4.69) is 21.2 Å².